The molecule has 10 nitrogen and oxygen atoms in total. The molecule has 0 aromatic carbocycles. The van der Waals surface area contributed by atoms with E-state index in [1.165, 1.54) is 18.3 Å². The molecule has 8 fully saturated rings. The number of methoxy groups -OCH3 is 1. The van der Waals surface area contributed by atoms with Crippen molar-refractivity contribution in [1.82, 2.24) is 0 Å². The summed E-state index contributed by atoms with van der Waals surface area (Å²) in [5.74, 6) is 0.398. The predicted octanol–water partition coefficient (Wildman–Crippen LogP) is 11.8. The molecule has 0 unspecified atom stereocenters. The molecule has 0 aromatic rings. The van der Waals surface area contributed by atoms with Crippen molar-refractivity contribution >= 4 is 135 Å². The van der Waals surface area contributed by atoms with E-state index < -0.39 is 11.2 Å². The van der Waals surface area contributed by atoms with Gasteiger partial charge in [-0.1, -0.05) is 56.6 Å². The van der Waals surface area contributed by atoms with Crippen LogP contribution in [0.3, 0.4) is 0 Å². The van der Waals surface area contributed by atoms with Crippen LogP contribution in [0.1, 0.15) is 137 Å². The molecule has 13 atom stereocenters. The molecule has 64 heavy (non-hydrogen) atoms. The van der Waals surface area contributed by atoms with E-state index in [-0.39, 0.29) is 97.2 Å². The third kappa shape index (κ3) is 8.17. The van der Waals surface area contributed by atoms with E-state index >= 15 is 0 Å². The van der Waals surface area contributed by atoms with Gasteiger partial charge in [-0.3, -0.25) is 28.8 Å². The van der Waals surface area contributed by atoms with Crippen LogP contribution in [0.2, 0.25) is 0 Å². The number of hydrogen-bond donors (Lipinski definition) is 0. The van der Waals surface area contributed by atoms with Gasteiger partial charge in [0.15, 0.2) is 5.78 Å². The first-order valence-corrected chi connectivity index (χ1v) is 45.3. The molecule has 351 valence electrons. The SMILES string of the molecule is COC(=O)[C@@H]1CC2=CC(=O)CC[C@]2(C)C2=CC[C@@]3(C)[C@@H](CC[C@@]34CCC(=O)O4)[C@@H]21.C[C@]12CC=C3[C@@H]([C@H]4C[C@]5(CC(=O)CC[C@]35C)OC4=O)[C@@H]1CC[C@@]21CCC(=O)O1.[I][V]([I])[I].[I][V][I]. The van der Waals surface area contributed by atoms with Crippen molar-refractivity contribution in [2.24, 2.45) is 57.2 Å². The van der Waals surface area contributed by atoms with E-state index in [4.69, 9.17) is 18.9 Å². The molecule has 11 aliphatic rings. The number of allylic oxidation sites excluding steroid dienone is 5. The van der Waals surface area contributed by atoms with Crippen LogP contribution in [0.5, 0.6) is 0 Å². The molecule has 3 aliphatic heterocycles. The summed E-state index contributed by atoms with van der Waals surface area (Å²) in [5, 5.41) is 0. The fourth-order valence-electron chi connectivity index (χ4n) is 15.8. The Morgan fingerprint density at radius 3 is 1.81 bits per heavy atom. The monoisotopic (exact) mass is 1520 g/mol. The summed E-state index contributed by atoms with van der Waals surface area (Å²) in [6, 6.07) is 0. The number of carbonyl (C=O) groups excluding carboxylic acids is 6. The van der Waals surface area contributed by atoms with Crippen LogP contribution >= 0.6 is 99.9 Å². The second-order valence-corrected chi connectivity index (χ2v) is 68.3. The first kappa shape index (κ1) is 51.6. The Kier molecular flexibility index (Phi) is 15.3. The number of carbonyl (C=O) groups is 6. The van der Waals surface area contributed by atoms with Crippen LogP contribution in [0.4, 0.5) is 0 Å². The second kappa shape index (κ2) is 19.0. The Labute approximate surface area is 444 Å². The molecule has 3 saturated heterocycles. The zero-order chi connectivity index (χ0) is 46.4. The molecule has 3 spiro atoms. The molecule has 11 rings (SSSR count). The topological polar surface area (TPSA) is 139 Å². The summed E-state index contributed by atoms with van der Waals surface area (Å²) >= 11 is 12.1. The van der Waals surface area contributed by atoms with Gasteiger partial charge in [0, 0.05) is 60.2 Å². The Bertz CT molecular complexity index is 2110. The average molecular weight is 1520 g/mol. The molecule has 3 heterocycles. The van der Waals surface area contributed by atoms with Crippen molar-refractivity contribution in [1.29, 1.82) is 0 Å². The van der Waals surface area contributed by atoms with Crippen molar-refractivity contribution in [3.05, 3.63) is 34.9 Å². The molecule has 0 radical (unpaired) electrons. The van der Waals surface area contributed by atoms with Gasteiger partial charge in [-0.25, -0.2) is 0 Å². The maximum absolute atomic E-state index is 13.0. The third-order valence-corrected chi connectivity index (χ3v) is 19.1. The zero-order valence-electron chi connectivity index (χ0n) is 37.1. The molecule has 8 aliphatic carbocycles. The number of fused-ring (bicyclic) bond motifs is 13. The molecule has 5 saturated carbocycles. The molecule has 0 N–H and O–H groups in total. The van der Waals surface area contributed by atoms with Gasteiger partial charge in [-0.15, -0.1) is 0 Å². The second-order valence-electron chi connectivity index (χ2n) is 21.2. The number of rotatable bonds is 1. The number of halogens is 5. The fraction of sp³-hybridized carbons (Fsp3) is 0.745. The van der Waals surface area contributed by atoms with Crippen LogP contribution in [0.15, 0.2) is 34.9 Å². The first-order chi connectivity index (χ1) is 30.1. The van der Waals surface area contributed by atoms with Crippen LogP contribution < -0.4 is 0 Å². The Hall–Kier alpha value is 1.26. The van der Waals surface area contributed by atoms with Gasteiger partial charge in [0.1, 0.15) is 22.6 Å². The minimum atomic E-state index is -0.629. The summed E-state index contributed by atoms with van der Waals surface area (Å²) in [6.07, 6.45) is 19.0. The quantitative estimate of drug-likeness (QED) is 0.108. The Morgan fingerprint density at radius 1 is 0.734 bits per heavy atom. The average Bonchev–Trinajstić information content (AvgIpc) is 4.03. The number of hydrogen-bond acceptors (Lipinski definition) is 10. The van der Waals surface area contributed by atoms with Crippen molar-refractivity contribution in [2.75, 3.05) is 7.11 Å². The van der Waals surface area contributed by atoms with Gasteiger partial charge in [-0.05, 0) is 100 Å². The number of Topliss-reactive ketones (excluding diaryl/α,β-unsaturated/α-hetero) is 1. The third-order valence-electron chi connectivity index (χ3n) is 19.1. The van der Waals surface area contributed by atoms with E-state index in [1.54, 1.807) is 6.08 Å². The maximum atomic E-state index is 13.0. The molecule has 0 aromatic heterocycles. The summed E-state index contributed by atoms with van der Waals surface area (Å²) in [7, 11) is 2.08. The van der Waals surface area contributed by atoms with Gasteiger partial charge in [-0.2, -0.15) is 0 Å². The van der Waals surface area contributed by atoms with Crippen molar-refractivity contribution in [3.63, 3.8) is 0 Å². The standard InChI is InChI=1S/C24H30O5.C23H28O5.5HI.2V/c1-22-8-4-15(25)12-14(22)13-16(21(27)28-3)20-17(22)5-9-23(2)18(20)6-10-24(23)11-7-19(26)29-24;1-20-8-4-15-18(16(20)5-9-22(20)10-6-17(25)27-22)14-12-23(28-19(14)26)11-13(24)3-7-21(15,23)2;;;;;;;/h5,12,16,18,20H,4,6-11,13H2,1-3H3;4,14,16,18H,3,5-12H2,1-2H3;5*1H;;/q;;;;;;;+2;+3/p-5/t16-,18+,20-,22+,23+,24-;14-,16+,18-,20+,21-,22-,23+;;;;;;;/m11......./s1. The van der Waals surface area contributed by atoms with E-state index in [9.17, 15) is 28.8 Å². The van der Waals surface area contributed by atoms with Gasteiger partial charge < -0.3 is 18.9 Å². The van der Waals surface area contributed by atoms with Crippen molar-refractivity contribution < 1.29 is 62.1 Å². The van der Waals surface area contributed by atoms with E-state index in [2.05, 4.69) is 140 Å². The van der Waals surface area contributed by atoms with Gasteiger partial charge in [0.05, 0.1) is 18.9 Å². The van der Waals surface area contributed by atoms with Gasteiger partial charge >= 0.3 is 138 Å². The molecule has 2 bridgehead atoms. The number of esters is 4. The summed E-state index contributed by atoms with van der Waals surface area (Å²) in [5.41, 5.74) is 1.75. The number of ether oxygens (including phenoxy) is 4. The van der Waals surface area contributed by atoms with Crippen LogP contribution in [0.25, 0.3) is 0 Å². The molecular weight excluding hydrogens is 1460 g/mol. The molecular formula is C47H58I5O10V2. The molecule has 0 amide bonds. The van der Waals surface area contributed by atoms with Crippen molar-refractivity contribution in [3.8, 4) is 0 Å². The summed E-state index contributed by atoms with van der Waals surface area (Å²) < 4.78 is 23.3. The molecule has 17 heteroatoms. The normalized spacial score (nSPS) is 45.1. The van der Waals surface area contributed by atoms with E-state index in [0.29, 0.717) is 60.3 Å². The van der Waals surface area contributed by atoms with Crippen LogP contribution in [-0.4, -0.2) is 59.4 Å². The minimum absolute atomic E-state index is 0.0719. The summed E-state index contributed by atoms with van der Waals surface area (Å²) in [6.45, 7) is 9.03. The summed E-state index contributed by atoms with van der Waals surface area (Å²) in [4.78, 5) is 74.1. The van der Waals surface area contributed by atoms with Crippen molar-refractivity contribution in [2.45, 2.75) is 154 Å². The number of ketones is 2. The van der Waals surface area contributed by atoms with E-state index in [1.807, 2.05) is 0 Å². The van der Waals surface area contributed by atoms with Crippen LogP contribution in [0, 0.1) is 57.2 Å². The van der Waals surface area contributed by atoms with E-state index in [0.717, 1.165) is 69.8 Å². The van der Waals surface area contributed by atoms with Gasteiger partial charge in [0.25, 0.3) is 0 Å². The first-order valence-electron chi connectivity index (χ1n) is 22.7. The fourth-order valence-corrected chi connectivity index (χ4v) is 15.8. The predicted molar refractivity (Wildman–Crippen MR) is 275 cm³/mol. The Balaban J connectivity index is 0.000000153. The van der Waals surface area contributed by atoms with Gasteiger partial charge in [0.2, 0.25) is 0 Å². The Morgan fingerprint density at radius 2 is 1.28 bits per heavy atom. The zero-order valence-corrected chi connectivity index (χ0v) is 50.7. The van der Waals surface area contributed by atoms with Crippen LogP contribution in [-0.2, 0) is 62.1 Å².